The van der Waals surface area contributed by atoms with Crippen LogP contribution in [0.4, 0.5) is 0 Å². The molecule has 0 saturated heterocycles. The van der Waals surface area contributed by atoms with Crippen LogP contribution in [0.3, 0.4) is 0 Å². The van der Waals surface area contributed by atoms with Gasteiger partial charge in [-0.15, -0.1) is 0 Å². The van der Waals surface area contributed by atoms with E-state index >= 15 is 0 Å². The molecule has 0 fully saturated rings. The molecule has 0 unspecified atom stereocenters. The van der Waals surface area contributed by atoms with E-state index in [9.17, 15) is 25.9 Å². The third-order valence-corrected chi connectivity index (χ3v) is 9.34. The van der Waals surface area contributed by atoms with E-state index in [0.717, 1.165) is 25.1 Å². The number of benzene rings is 2. The molecule has 1 aromatic heterocycles. The first kappa shape index (κ1) is 33.2. The molecule has 2 N–H and O–H groups in total. The van der Waals surface area contributed by atoms with Crippen molar-refractivity contribution in [2.75, 3.05) is 0 Å². The predicted octanol–water partition coefficient (Wildman–Crippen LogP) is 7.99. The number of unbranched alkanes of at least 4 members (excludes halogenated alkanes) is 14. The van der Waals surface area contributed by atoms with E-state index in [1.165, 1.54) is 101 Å². The number of rotatable bonds is 20. The lowest BCUT2D eigenvalue weighted by Crippen LogP contribution is -2.07. The van der Waals surface area contributed by atoms with E-state index in [2.05, 4.69) is 6.92 Å². The van der Waals surface area contributed by atoms with E-state index in [1.807, 2.05) is 4.57 Å². The number of hydrogen-bond donors (Lipinski definition) is 2. The maximum Gasteiger partial charge on any atom is 0.294 e. The van der Waals surface area contributed by atoms with Crippen molar-refractivity contribution in [1.29, 1.82) is 0 Å². The van der Waals surface area contributed by atoms with Gasteiger partial charge in [-0.1, -0.05) is 109 Å². The summed E-state index contributed by atoms with van der Waals surface area (Å²) in [6, 6.07) is 10.3. The number of aromatic nitrogens is 2. The summed E-state index contributed by atoms with van der Waals surface area (Å²) in [6.45, 7) is 2.49. The molecule has 3 aromatic rings. The van der Waals surface area contributed by atoms with Gasteiger partial charge in [0.25, 0.3) is 20.2 Å². The summed E-state index contributed by atoms with van der Waals surface area (Å²) in [5.74, 6) is 0.763. The first-order valence-electron chi connectivity index (χ1n) is 15.1. The van der Waals surface area contributed by atoms with Crippen LogP contribution in [-0.2, 0) is 33.2 Å². The molecular weight excluding hydrogens is 560 g/mol. The van der Waals surface area contributed by atoms with Gasteiger partial charge < -0.3 is 4.57 Å². The smallest absolute Gasteiger partial charge is 0.294 e. The lowest BCUT2D eigenvalue weighted by Gasteiger charge is -2.11. The van der Waals surface area contributed by atoms with E-state index in [-0.39, 0.29) is 16.3 Å². The Morgan fingerprint density at radius 2 is 1.17 bits per heavy atom. The van der Waals surface area contributed by atoms with Gasteiger partial charge in [0.05, 0.1) is 20.8 Å². The first-order valence-corrected chi connectivity index (χ1v) is 18.0. The Labute approximate surface area is 246 Å². The summed E-state index contributed by atoms with van der Waals surface area (Å²) >= 11 is 0. The molecule has 0 aliphatic rings. The SMILES string of the molecule is CCCCCCCCCCCCCCCCCc1nc2ccc(S(=O)(=O)O)cc2n1Cc1cccc(S(=O)(=O)O)c1. The molecule has 3 rings (SSSR count). The van der Waals surface area contributed by atoms with Crippen LogP contribution in [0.1, 0.15) is 115 Å². The summed E-state index contributed by atoms with van der Waals surface area (Å²) < 4.78 is 67.7. The molecule has 8 nitrogen and oxygen atoms in total. The third-order valence-electron chi connectivity index (χ3n) is 7.64. The molecule has 41 heavy (non-hydrogen) atoms. The normalized spacial score (nSPS) is 12.4. The van der Waals surface area contributed by atoms with Gasteiger partial charge in [-0.25, -0.2) is 4.98 Å². The zero-order chi connectivity index (χ0) is 29.7. The molecule has 2 aromatic carbocycles. The van der Waals surface area contributed by atoms with Crippen LogP contribution in [0, 0.1) is 0 Å². The zero-order valence-corrected chi connectivity index (χ0v) is 25.9. The van der Waals surface area contributed by atoms with Gasteiger partial charge in [0, 0.05) is 13.0 Å². The molecule has 0 bridgehead atoms. The molecule has 0 radical (unpaired) electrons. The minimum atomic E-state index is -4.40. The molecular formula is C31H46N2O6S2. The van der Waals surface area contributed by atoms with Crippen LogP contribution < -0.4 is 0 Å². The predicted molar refractivity (Wildman–Crippen MR) is 164 cm³/mol. The summed E-state index contributed by atoms with van der Waals surface area (Å²) in [4.78, 5) is 4.29. The van der Waals surface area contributed by atoms with Gasteiger partial charge in [0.15, 0.2) is 0 Å². The first-order chi connectivity index (χ1) is 19.6. The standard InChI is InChI=1S/C31H46N2O6S2/c1-2-3-4-5-6-7-8-9-10-11-12-13-14-15-16-20-31-32-29-22-21-28(41(37,38)39)24-30(29)33(31)25-26-18-17-19-27(23-26)40(34,35)36/h17-19,21-24H,2-16,20,25H2,1H3,(H,34,35,36)(H,37,38,39). The number of hydrogen-bond acceptors (Lipinski definition) is 5. The topological polar surface area (TPSA) is 127 Å². The Hall–Kier alpha value is -2.27. The quantitative estimate of drug-likeness (QED) is 0.0985. The molecule has 0 atom stereocenters. The molecule has 10 heteroatoms. The fraction of sp³-hybridized carbons (Fsp3) is 0.581. The number of nitrogens with zero attached hydrogens (tertiary/aromatic N) is 2. The van der Waals surface area contributed by atoms with E-state index < -0.39 is 20.2 Å². The van der Waals surface area contributed by atoms with Crippen LogP contribution in [0.5, 0.6) is 0 Å². The molecule has 228 valence electrons. The highest BCUT2D eigenvalue weighted by Crippen LogP contribution is 2.24. The summed E-state index contributed by atoms with van der Waals surface area (Å²) in [7, 11) is -8.76. The zero-order valence-electron chi connectivity index (χ0n) is 24.3. The largest absolute Gasteiger partial charge is 0.323 e. The Morgan fingerprint density at radius 3 is 1.71 bits per heavy atom. The van der Waals surface area contributed by atoms with Crippen molar-refractivity contribution in [3.8, 4) is 0 Å². The van der Waals surface area contributed by atoms with E-state index in [4.69, 9.17) is 4.98 Å². The lowest BCUT2D eigenvalue weighted by atomic mass is 10.0. The van der Waals surface area contributed by atoms with Crippen LogP contribution in [0.2, 0.25) is 0 Å². The Kier molecular flexibility index (Phi) is 13.3. The van der Waals surface area contributed by atoms with Crippen molar-refractivity contribution >= 4 is 31.3 Å². The van der Waals surface area contributed by atoms with Crippen molar-refractivity contribution in [1.82, 2.24) is 9.55 Å². The summed E-state index contributed by atoms with van der Waals surface area (Å²) in [5, 5.41) is 0. The van der Waals surface area contributed by atoms with Gasteiger partial charge in [-0.3, -0.25) is 9.11 Å². The van der Waals surface area contributed by atoms with Crippen molar-refractivity contribution in [2.24, 2.45) is 0 Å². The Morgan fingerprint density at radius 1 is 0.659 bits per heavy atom. The minimum Gasteiger partial charge on any atom is -0.323 e. The van der Waals surface area contributed by atoms with E-state index in [0.29, 0.717) is 23.0 Å². The fourth-order valence-corrected chi connectivity index (χ4v) is 6.37. The van der Waals surface area contributed by atoms with Crippen LogP contribution in [0.25, 0.3) is 11.0 Å². The average Bonchev–Trinajstić information content (AvgIpc) is 3.26. The number of fused-ring (bicyclic) bond motifs is 1. The monoisotopic (exact) mass is 606 g/mol. The van der Waals surface area contributed by atoms with E-state index in [1.54, 1.807) is 18.2 Å². The fourth-order valence-electron chi connectivity index (χ4n) is 5.32. The van der Waals surface area contributed by atoms with Gasteiger partial charge in [0.2, 0.25) is 0 Å². The van der Waals surface area contributed by atoms with Crippen molar-refractivity contribution in [3.05, 3.63) is 53.9 Å². The Balaban J connectivity index is 1.52. The van der Waals surface area contributed by atoms with Crippen molar-refractivity contribution in [2.45, 2.75) is 126 Å². The molecule has 0 aliphatic carbocycles. The summed E-state index contributed by atoms with van der Waals surface area (Å²) in [6.07, 6.45) is 19.8. The number of imidazole rings is 1. The molecule has 0 amide bonds. The highest BCUT2D eigenvalue weighted by molar-refractivity contribution is 7.86. The van der Waals surface area contributed by atoms with Gasteiger partial charge >= 0.3 is 0 Å². The molecule has 0 aliphatic heterocycles. The second-order valence-electron chi connectivity index (χ2n) is 11.1. The Bertz CT molecular complexity index is 1450. The summed E-state index contributed by atoms with van der Waals surface area (Å²) in [5.41, 5.74) is 1.75. The van der Waals surface area contributed by atoms with Gasteiger partial charge in [-0.2, -0.15) is 16.8 Å². The van der Waals surface area contributed by atoms with Crippen molar-refractivity contribution in [3.63, 3.8) is 0 Å². The van der Waals surface area contributed by atoms with Crippen LogP contribution in [0.15, 0.2) is 52.3 Å². The minimum absolute atomic E-state index is 0.206. The van der Waals surface area contributed by atoms with Gasteiger partial charge in [0.1, 0.15) is 5.82 Å². The molecule has 0 saturated carbocycles. The van der Waals surface area contributed by atoms with Crippen LogP contribution in [-0.4, -0.2) is 35.5 Å². The average molecular weight is 607 g/mol. The number of aryl methyl sites for hydroxylation is 1. The van der Waals surface area contributed by atoms with Crippen molar-refractivity contribution < 1.29 is 25.9 Å². The maximum absolute atomic E-state index is 11.8. The second kappa shape index (κ2) is 16.4. The third kappa shape index (κ3) is 11.1. The second-order valence-corrected chi connectivity index (χ2v) is 13.9. The highest BCUT2D eigenvalue weighted by Gasteiger charge is 2.17. The highest BCUT2D eigenvalue weighted by atomic mass is 32.2. The van der Waals surface area contributed by atoms with Crippen LogP contribution >= 0.6 is 0 Å². The molecule has 1 heterocycles. The lowest BCUT2D eigenvalue weighted by molar-refractivity contribution is 0.480. The molecule has 0 spiro atoms. The van der Waals surface area contributed by atoms with Gasteiger partial charge in [-0.05, 0) is 42.3 Å². The maximum atomic E-state index is 11.8.